The van der Waals surface area contributed by atoms with Gasteiger partial charge in [0, 0.05) is 11.7 Å². The summed E-state index contributed by atoms with van der Waals surface area (Å²) in [5.74, 6) is 1.16. The molecule has 17 heavy (non-hydrogen) atoms. The zero-order chi connectivity index (χ0) is 11.8. The fraction of sp³-hybridized carbons (Fsp3) is 0.600. The number of nitrogens with one attached hydrogen (secondary N) is 1. The molecule has 0 radical (unpaired) electrons. The van der Waals surface area contributed by atoms with E-state index >= 15 is 0 Å². The maximum absolute atomic E-state index is 13.4. The van der Waals surface area contributed by atoms with Crippen LogP contribution in [0.2, 0.25) is 0 Å². The van der Waals surface area contributed by atoms with Gasteiger partial charge in [-0.3, -0.25) is 0 Å². The molecule has 3 atom stereocenters. The molecule has 1 aromatic carbocycles. The smallest absolute Gasteiger partial charge is 0.123 e. The lowest BCUT2D eigenvalue weighted by molar-refractivity contribution is 0.262. The molecule has 0 aromatic heterocycles. The second-order valence-corrected chi connectivity index (χ2v) is 5.45. The highest BCUT2D eigenvalue weighted by atomic mass is 19.1. The molecule has 1 aliphatic carbocycles. The SMILES string of the molecule is CCC1c2cc(F)ccc2N[C@@H]2CCCCC12. The second-order valence-electron chi connectivity index (χ2n) is 5.45. The molecule has 1 saturated carbocycles. The minimum atomic E-state index is -0.0988. The average molecular weight is 233 g/mol. The van der Waals surface area contributed by atoms with Crippen LogP contribution in [0, 0.1) is 11.7 Å². The molecule has 1 nitrogen and oxygen atoms in total. The van der Waals surface area contributed by atoms with Gasteiger partial charge in [-0.05, 0) is 54.9 Å². The third-order valence-electron chi connectivity index (χ3n) is 4.53. The second kappa shape index (κ2) is 4.32. The van der Waals surface area contributed by atoms with Gasteiger partial charge < -0.3 is 5.32 Å². The Kier molecular flexibility index (Phi) is 2.81. The summed E-state index contributed by atoms with van der Waals surface area (Å²) < 4.78 is 13.4. The van der Waals surface area contributed by atoms with E-state index in [1.165, 1.54) is 36.9 Å². The van der Waals surface area contributed by atoms with Crippen molar-refractivity contribution in [1.29, 1.82) is 0 Å². The molecule has 2 unspecified atom stereocenters. The first-order valence-corrected chi connectivity index (χ1v) is 6.85. The van der Waals surface area contributed by atoms with Gasteiger partial charge in [-0.1, -0.05) is 19.8 Å². The molecular weight excluding hydrogens is 213 g/mol. The van der Waals surface area contributed by atoms with Crippen LogP contribution in [0.15, 0.2) is 18.2 Å². The standard InChI is InChI=1S/C15H20FN/c1-2-11-12-5-3-4-6-14(12)17-15-8-7-10(16)9-13(11)15/h7-9,11-12,14,17H,2-6H2,1H3/t11?,12?,14-/m1/s1. The number of anilines is 1. The normalized spacial score (nSPS) is 31.3. The van der Waals surface area contributed by atoms with Crippen LogP contribution in [0.25, 0.3) is 0 Å². The lowest BCUT2D eigenvalue weighted by Gasteiger charge is -2.43. The number of fused-ring (bicyclic) bond motifs is 2. The fourth-order valence-corrected chi connectivity index (χ4v) is 3.75. The van der Waals surface area contributed by atoms with Gasteiger partial charge in [0.1, 0.15) is 5.82 Å². The number of hydrogen-bond donors (Lipinski definition) is 1. The monoisotopic (exact) mass is 233 g/mol. The molecule has 0 saturated heterocycles. The Labute approximate surface area is 102 Å². The quantitative estimate of drug-likeness (QED) is 0.762. The van der Waals surface area contributed by atoms with Crippen LogP contribution in [-0.2, 0) is 0 Å². The summed E-state index contributed by atoms with van der Waals surface area (Å²) in [6.07, 6.45) is 6.37. The van der Waals surface area contributed by atoms with Crippen molar-refractivity contribution in [3.05, 3.63) is 29.6 Å². The lowest BCUT2D eigenvalue weighted by atomic mass is 9.70. The first-order valence-electron chi connectivity index (χ1n) is 6.85. The molecule has 1 aliphatic heterocycles. The molecule has 0 amide bonds. The predicted molar refractivity (Wildman–Crippen MR) is 68.8 cm³/mol. The van der Waals surface area contributed by atoms with Gasteiger partial charge in [0.15, 0.2) is 0 Å². The van der Waals surface area contributed by atoms with E-state index in [0.29, 0.717) is 17.9 Å². The van der Waals surface area contributed by atoms with Gasteiger partial charge in [-0.25, -0.2) is 4.39 Å². The highest BCUT2D eigenvalue weighted by Crippen LogP contribution is 2.45. The maximum atomic E-state index is 13.4. The Bertz CT molecular complexity index is 415. The first-order chi connectivity index (χ1) is 8.29. The Hall–Kier alpha value is -1.05. The Balaban J connectivity index is 2.01. The van der Waals surface area contributed by atoms with Crippen molar-refractivity contribution in [1.82, 2.24) is 0 Å². The summed E-state index contributed by atoms with van der Waals surface area (Å²) in [5, 5.41) is 3.62. The largest absolute Gasteiger partial charge is 0.382 e. The van der Waals surface area contributed by atoms with E-state index in [1.54, 1.807) is 12.1 Å². The van der Waals surface area contributed by atoms with Crippen LogP contribution in [0.5, 0.6) is 0 Å². The maximum Gasteiger partial charge on any atom is 0.123 e. The van der Waals surface area contributed by atoms with E-state index < -0.39 is 0 Å². The highest BCUT2D eigenvalue weighted by Gasteiger charge is 2.36. The Morgan fingerprint density at radius 1 is 1.29 bits per heavy atom. The number of hydrogen-bond acceptors (Lipinski definition) is 1. The van der Waals surface area contributed by atoms with Gasteiger partial charge in [-0.15, -0.1) is 0 Å². The predicted octanol–water partition coefficient (Wildman–Crippen LogP) is 4.30. The summed E-state index contributed by atoms with van der Waals surface area (Å²) in [4.78, 5) is 0. The Morgan fingerprint density at radius 3 is 2.94 bits per heavy atom. The molecule has 1 fully saturated rings. The summed E-state index contributed by atoms with van der Waals surface area (Å²) >= 11 is 0. The van der Waals surface area contributed by atoms with Crippen molar-refractivity contribution in [2.24, 2.45) is 5.92 Å². The minimum absolute atomic E-state index is 0.0988. The van der Waals surface area contributed by atoms with Crippen LogP contribution in [0.1, 0.15) is 50.5 Å². The van der Waals surface area contributed by atoms with Gasteiger partial charge in [0.05, 0.1) is 0 Å². The summed E-state index contributed by atoms with van der Waals surface area (Å²) in [5.41, 5.74) is 2.37. The van der Waals surface area contributed by atoms with Crippen LogP contribution in [0.4, 0.5) is 10.1 Å². The van der Waals surface area contributed by atoms with Crippen LogP contribution in [0.3, 0.4) is 0 Å². The van der Waals surface area contributed by atoms with Gasteiger partial charge in [-0.2, -0.15) is 0 Å². The molecule has 0 spiro atoms. The van der Waals surface area contributed by atoms with Crippen LogP contribution in [-0.4, -0.2) is 6.04 Å². The van der Waals surface area contributed by atoms with E-state index in [-0.39, 0.29) is 5.82 Å². The molecule has 2 aliphatic rings. The molecular formula is C15H20FN. The van der Waals surface area contributed by atoms with Crippen molar-refractivity contribution in [2.75, 3.05) is 5.32 Å². The van der Waals surface area contributed by atoms with E-state index in [1.807, 2.05) is 6.07 Å². The van der Waals surface area contributed by atoms with Crippen molar-refractivity contribution in [2.45, 2.75) is 51.0 Å². The molecule has 1 heterocycles. The van der Waals surface area contributed by atoms with E-state index in [2.05, 4.69) is 12.2 Å². The highest BCUT2D eigenvalue weighted by molar-refractivity contribution is 5.56. The van der Waals surface area contributed by atoms with Crippen molar-refractivity contribution < 1.29 is 4.39 Å². The fourth-order valence-electron chi connectivity index (χ4n) is 3.75. The molecule has 1 N–H and O–H groups in total. The zero-order valence-electron chi connectivity index (χ0n) is 10.4. The van der Waals surface area contributed by atoms with Crippen molar-refractivity contribution in [3.63, 3.8) is 0 Å². The number of halogens is 1. The number of benzene rings is 1. The lowest BCUT2D eigenvalue weighted by Crippen LogP contribution is -2.40. The average Bonchev–Trinajstić information content (AvgIpc) is 2.36. The summed E-state index contributed by atoms with van der Waals surface area (Å²) in [6, 6.07) is 5.84. The molecule has 2 heteroatoms. The van der Waals surface area contributed by atoms with Gasteiger partial charge >= 0.3 is 0 Å². The minimum Gasteiger partial charge on any atom is -0.382 e. The first kappa shape index (κ1) is 11.1. The van der Waals surface area contributed by atoms with E-state index in [4.69, 9.17) is 0 Å². The van der Waals surface area contributed by atoms with Crippen molar-refractivity contribution in [3.8, 4) is 0 Å². The van der Waals surface area contributed by atoms with E-state index in [0.717, 1.165) is 6.42 Å². The van der Waals surface area contributed by atoms with E-state index in [9.17, 15) is 4.39 Å². The van der Waals surface area contributed by atoms with Crippen molar-refractivity contribution >= 4 is 5.69 Å². The summed E-state index contributed by atoms with van der Waals surface area (Å²) in [7, 11) is 0. The Morgan fingerprint density at radius 2 is 2.12 bits per heavy atom. The topological polar surface area (TPSA) is 12.0 Å². The molecule has 0 bridgehead atoms. The van der Waals surface area contributed by atoms with Gasteiger partial charge in [0.25, 0.3) is 0 Å². The molecule has 92 valence electrons. The van der Waals surface area contributed by atoms with Crippen LogP contribution >= 0.6 is 0 Å². The number of rotatable bonds is 1. The zero-order valence-corrected chi connectivity index (χ0v) is 10.4. The molecule has 1 aromatic rings. The third kappa shape index (κ3) is 1.84. The summed E-state index contributed by atoms with van der Waals surface area (Å²) in [6.45, 7) is 2.23. The third-order valence-corrected chi connectivity index (χ3v) is 4.53. The molecule has 3 rings (SSSR count). The van der Waals surface area contributed by atoms with Crippen LogP contribution < -0.4 is 5.32 Å². The van der Waals surface area contributed by atoms with Gasteiger partial charge in [0.2, 0.25) is 0 Å².